The van der Waals surface area contributed by atoms with Gasteiger partial charge in [0.25, 0.3) is 0 Å². The van der Waals surface area contributed by atoms with Gasteiger partial charge in [0.15, 0.2) is 0 Å². The van der Waals surface area contributed by atoms with Crippen molar-refractivity contribution < 1.29 is 0 Å². The van der Waals surface area contributed by atoms with E-state index in [0.717, 1.165) is 57.6 Å². The highest BCUT2D eigenvalue weighted by atomic mass is 127. The Kier molecular flexibility index (Phi) is 3.90. The second kappa shape index (κ2) is 5.72. The van der Waals surface area contributed by atoms with Crippen LogP contribution in [-0.2, 0) is 0 Å². The van der Waals surface area contributed by atoms with Gasteiger partial charge in [0.2, 0.25) is 0 Å². The number of nitrogens with one attached hydrogen (secondary N) is 1. The second-order valence-electron chi connectivity index (χ2n) is 8.83. The largest absolute Gasteiger partial charge is 0.367 e. The molecule has 0 aromatic carbocycles. The number of hydrogen-bond acceptors (Lipinski definition) is 2. The van der Waals surface area contributed by atoms with Gasteiger partial charge in [-0.1, -0.05) is 41.0 Å². The summed E-state index contributed by atoms with van der Waals surface area (Å²) in [5, 5.41) is 4.01. The minimum atomic E-state index is 0.454. The van der Waals surface area contributed by atoms with Gasteiger partial charge in [0, 0.05) is 45.0 Å². The summed E-state index contributed by atoms with van der Waals surface area (Å²) in [6.07, 6.45) is 5.28. The third-order valence-electron chi connectivity index (χ3n) is 8.25. The Morgan fingerprint density at radius 1 is 1.00 bits per heavy atom. The minimum absolute atomic E-state index is 0.454. The van der Waals surface area contributed by atoms with E-state index in [2.05, 4.69) is 24.1 Å². The third kappa shape index (κ3) is 1.76. The fourth-order valence-corrected chi connectivity index (χ4v) is 11.7. The molecule has 4 aliphatic carbocycles. The Bertz CT molecular complexity index is 652. The molecule has 140 valence electrons. The molecule has 3 aliphatic heterocycles. The minimum Gasteiger partial charge on any atom is -0.367 e. The van der Waals surface area contributed by atoms with E-state index in [9.17, 15) is 0 Å². The Labute approximate surface area is 163 Å². The molecular formula is C22H35IN2. The summed E-state index contributed by atoms with van der Waals surface area (Å²) in [7, 11) is 0. The van der Waals surface area contributed by atoms with Gasteiger partial charge in [0.05, 0.1) is 0 Å². The van der Waals surface area contributed by atoms with Gasteiger partial charge < -0.3 is 10.2 Å². The molecule has 7 rings (SSSR count). The molecule has 0 bridgehead atoms. The molecule has 0 radical (unpaired) electrons. The van der Waals surface area contributed by atoms with Crippen molar-refractivity contribution in [1.29, 1.82) is 0 Å². The fraction of sp³-hybridized carbons (Fsp3) is 0.864. The van der Waals surface area contributed by atoms with E-state index in [1.807, 2.05) is 36.9 Å². The lowest BCUT2D eigenvalue weighted by Crippen LogP contribution is -2.82. The highest BCUT2D eigenvalue weighted by molar-refractivity contribution is 14.2. The van der Waals surface area contributed by atoms with Crippen LogP contribution in [0.4, 0.5) is 0 Å². The number of nitrogens with zero attached hydrogens (tertiary/aromatic N) is 1. The molecule has 0 spiro atoms. The van der Waals surface area contributed by atoms with E-state index in [1.165, 1.54) is 19.3 Å². The Morgan fingerprint density at radius 2 is 1.76 bits per heavy atom. The van der Waals surface area contributed by atoms with Crippen molar-refractivity contribution in [1.82, 2.24) is 10.2 Å². The van der Waals surface area contributed by atoms with Crippen LogP contribution in [-0.4, -0.2) is 24.5 Å². The van der Waals surface area contributed by atoms with Crippen LogP contribution in [0.3, 0.4) is 0 Å². The summed E-state index contributed by atoms with van der Waals surface area (Å²) in [5.41, 5.74) is 3.58. The number of fused-ring (bicyclic) bond motifs is 14. The van der Waals surface area contributed by atoms with Gasteiger partial charge >= 0.3 is 0 Å². The van der Waals surface area contributed by atoms with Crippen molar-refractivity contribution in [3.8, 4) is 0 Å². The highest BCUT2D eigenvalue weighted by Gasteiger charge is 2.76. The van der Waals surface area contributed by atoms with Gasteiger partial charge in [-0.15, -0.1) is 20.7 Å². The van der Waals surface area contributed by atoms with Gasteiger partial charge in [0.1, 0.15) is 6.17 Å². The van der Waals surface area contributed by atoms with E-state index in [1.54, 1.807) is 5.70 Å². The van der Waals surface area contributed by atoms with Gasteiger partial charge in [-0.05, 0) is 41.0 Å². The number of piperidine rings is 1. The summed E-state index contributed by atoms with van der Waals surface area (Å²) in [5.74, 6) is 7.15. The summed E-state index contributed by atoms with van der Waals surface area (Å²) in [6, 6.07) is 0.998. The number of alkyl halides is 1. The van der Waals surface area contributed by atoms with E-state index >= 15 is 0 Å². The van der Waals surface area contributed by atoms with Gasteiger partial charge in [-0.2, -0.15) is 0 Å². The van der Waals surface area contributed by atoms with Crippen molar-refractivity contribution in [3.05, 3.63) is 11.4 Å². The molecule has 0 aromatic rings. The maximum absolute atomic E-state index is 4.01. The number of halogens is 1. The monoisotopic (exact) mass is 454 g/mol. The third-order valence-corrected chi connectivity index (χ3v) is 12.2. The topological polar surface area (TPSA) is 15.3 Å². The summed E-state index contributed by atoms with van der Waals surface area (Å²) < 4.78 is 3.07. The molecule has 10 atom stereocenters. The van der Waals surface area contributed by atoms with E-state index in [-0.39, 0.29) is 0 Å². The van der Waals surface area contributed by atoms with Crippen molar-refractivity contribution in [2.45, 2.75) is 76.9 Å². The first-order valence-corrected chi connectivity index (χ1v) is 13.3. The molecule has 2 nitrogen and oxygen atoms in total. The summed E-state index contributed by atoms with van der Waals surface area (Å²) in [6.45, 7) is 12.9. The predicted molar refractivity (Wildman–Crippen MR) is 115 cm³/mol. The Morgan fingerprint density at radius 3 is 2.48 bits per heavy atom. The average molecular weight is 454 g/mol. The molecule has 0 amide bonds. The normalized spacial score (nSPS) is 54.2. The van der Waals surface area contributed by atoms with E-state index in [0.29, 0.717) is 20.7 Å². The van der Waals surface area contributed by atoms with Crippen molar-refractivity contribution in [3.63, 3.8) is 0 Å². The van der Waals surface area contributed by atoms with Crippen LogP contribution < -0.4 is 5.32 Å². The molecular weight excluding hydrogens is 419 g/mol. The maximum atomic E-state index is 4.01. The van der Waals surface area contributed by atoms with Gasteiger partial charge in [-0.3, -0.25) is 0 Å². The van der Waals surface area contributed by atoms with Crippen LogP contribution in [0.25, 0.3) is 0 Å². The Hall–Kier alpha value is -0.0600. The lowest BCUT2D eigenvalue weighted by Gasteiger charge is -2.72. The SMILES string of the molecule is CC.CC.CC1=I[C@@H]2[C@H]1[C@@H]1[C@H]2N2C3=C(N[C@H]12)C1C3[C@@H]2CC(C)CC[C@H]12. The average Bonchev–Trinajstić information content (AvgIpc) is 2.86. The maximum Gasteiger partial charge on any atom is 0.104 e. The number of rotatable bonds is 0. The lowest BCUT2D eigenvalue weighted by molar-refractivity contribution is -0.130. The Balaban J connectivity index is 0.000000330. The van der Waals surface area contributed by atoms with Crippen LogP contribution >= 0.6 is 20.7 Å². The zero-order valence-corrected chi connectivity index (χ0v) is 18.9. The van der Waals surface area contributed by atoms with Crippen molar-refractivity contribution >= 4 is 24.2 Å². The zero-order valence-electron chi connectivity index (χ0n) is 16.7. The predicted octanol–water partition coefficient (Wildman–Crippen LogP) is 4.97. The number of allylic oxidation sites excluding steroid dienone is 2. The van der Waals surface area contributed by atoms with E-state index < -0.39 is 0 Å². The number of hydrogen-bond donors (Lipinski definition) is 1. The van der Waals surface area contributed by atoms with E-state index in [4.69, 9.17) is 0 Å². The zero-order chi connectivity index (χ0) is 17.6. The fourth-order valence-electron chi connectivity index (χ4n) is 7.35. The van der Waals surface area contributed by atoms with Crippen LogP contribution in [0.1, 0.15) is 60.8 Å². The van der Waals surface area contributed by atoms with Crippen molar-refractivity contribution in [2.75, 3.05) is 0 Å². The molecule has 3 heterocycles. The van der Waals surface area contributed by atoms with Crippen molar-refractivity contribution in [2.24, 2.45) is 41.4 Å². The smallest absolute Gasteiger partial charge is 0.104 e. The highest BCUT2D eigenvalue weighted by Crippen LogP contribution is 2.73. The van der Waals surface area contributed by atoms with Crippen LogP contribution in [0.5, 0.6) is 0 Å². The molecule has 3 heteroatoms. The van der Waals surface area contributed by atoms with Crippen LogP contribution in [0.2, 0.25) is 0 Å². The quantitative estimate of drug-likeness (QED) is 0.411. The van der Waals surface area contributed by atoms with Crippen LogP contribution in [0.15, 0.2) is 11.4 Å². The van der Waals surface area contributed by atoms with Crippen LogP contribution in [0, 0.1) is 41.4 Å². The molecule has 7 aliphatic rings. The molecule has 4 fully saturated rings. The molecule has 3 saturated carbocycles. The molecule has 1 saturated heterocycles. The van der Waals surface area contributed by atoms with Gasteiger partial charge in [-0.25, -0.2) is 0 Å². The first-order chi connectivity index (χ1) is 12.3. The summed E-state index contributed by atoms with van der Waals surface area (Å²) >= 11 is 0.454. The molecule has 25 heavy (non-hydrogen) atoms. The molecule has 3 unspecified atom stereocenters. The molecule has 0 aromatic heterocycles. The summed E-state index contributed by atoms with van der Waals surface area (Å²) in [4.78, 5) is 2.91. The molecule has 1 N–H and O–H groups in total. The standard InChI is InChI=1S/C18H23IN2.2C2H6/c1-6-3-4-8-9(5-6)12-11(8)15-17(12)21-16-13(18(21)20-15)10-7(2)19-14(10)16;2*1-2/h6,8-14,16,18,20H,3-5H2,1-2H3;2*1-2H3/t6?,8-,9+,10+,11?,12?,13+,14+,16+,18-;;/m0../s1. The second-order valence-corrected chi connectivity index (χ2v) is 12.6. The first kappa shape index (κ1) is 17.1. The first-order valence-electron chi connectivity index (χ1n) is 11.0. The lowest BCUT2D eigenvalue weighted by atomic mass is 9.43.